The quantitative estimate of drug-likeness (QED) is 0.501. The summed E-state index contributed by atoms with van der Waals surface area (Å²) in [5, 5.41) is 0.0207. The summed E-state index contributed by atoms with van der Waals surface area (Å²) < 4.78 is 27.8. The second-order valence-corrected chi connectivity index (χ2v) is 13.4. The van der Waals surface area contributed by atoms with E-state index < -0.39 is 22.0 Å². The molecule has 0 radical (unpaired) electrons. The molecule has 5 nitrogen and oxygen atoms in total. The summed E-state index contributed by atoms with van der Waals surface area (Å²) in [6.07, 6.45) is -0.235. The second kappa shape index (κ2) is 7.32. The van der Waals surface area contributed by atoms with Gasteiger partial charge < -0.3 is 13.5 Å². The van der Waals surface area contributed by atoms with Gasteiger partial charge in [0.1, 0.15) is 12.3 Å². The Kier molecular flexibility index (Phi) is 7.32. The Bertz CT molecular complexity index is 367. The van der Waals surface area contributed by atoms with E-state index in [-0.39, 0.29) is 17.0 Å². The van der Waals surface area contributed by atoms with E-state index in [1.54, 1.807) is 0 Å². The van der Waals surface area contributed by atoms with Crippen LogP contribution in [0.5, 0.6) is 0 Å². The van der Waals surface area contributed by atoms with Crippen LogP contribution >= 0.6 is 7.60 Å². The SMILES string of the molecule is CC[C@@H](O[Si](C)(C)C(C)(C)C)C(=O)CP(=O)(OC)OC. The largest absolute Gasteiger partial charge is 0.407 e. The summed E-state index contributed by atoms with van der Waals surface area (Å²) in [5.41, 5.74) is 0. The van der Waals surface area contributed by atoms with Crippen LogP contribution in [-0.2, 0) is 22.8 Å². The number of Topliss-reactive ketones (excluding diaryl/α,β-unsaturated/α-hetero) is 1. The number of hydrogen-bond donors (Lipinski definition) is 0. The number of rotatable bonds is 8. The molecule has 1 atom stereocenters. The van der Waals surface area contributed by atoms with Gasteiger partial charge in [0.2, 0.25) is 0 Å². The van der Waals surface area contributed by atoms with Gasteiger partial charge in [0.25, 0.3) is 0 Å². The highest BCUT2D eigenvalue weighted by atomic mass is 31.2. The maximum absolute atomic E-state index is 12.3. The van der Waals surface area contributed by atoms with Crippen LogP contribution in [0.15, 0.2) is 0 Å². The Morgan fingerprint density at radius 2 is 1.65 bits per heavy atom. The number of carbonyl (C=O) groups is 1. The molecule has 0 aliphatic rings. The molecule has 0 amide bonds. The molecule has 0 saturated carbocycles. The first-order chi connectivity index (χ1) is 8.92. The first-order valence-electron chi connectivity index (χ1n) is 6.83. The lowest BCUT2D eigenvalue weighted by molar-refractivity contribution is -0.124. The van der Waals surface area contributed by atoms with Crippen LogP contribution in [0.25, 0.3) is 0 Å². The van der Waals surface area contributed by atoms with Crippen molar-refractivity contribution in [1.82, 2.24) is 0 Å². The minimum Gasteiger partial charge on any atom is -0.407 e. The molecule has 0 unspecified atom stereocenters. The monoisotopic (exact) mass is 324 g/mol. The lowest BCUT2D eigenvalue weighted by atomic mass is 10.2. The van der Waals surface area contributed by atoms with Gasteiger partial charge >= 0.3 is 7.60 Å². The maximum Gasteiger partial charge on any atom is 0.337 e. The molecule has 0 saturated heterocycles. The molecule has 0 aromatic carbocycles. The standard InChI is InChI=1S/C13H29O5PSi/c1-9-12(18-20(7,8)13(2,3)4)11(14)10-19(15,16-5)17-6/h12H,9-10H2,1-8H3/t12-/m1/s1. The van der Waals surface area contributed by atoms with Gasteiger partial charge in [-0.25, -0.2) is 0 Å². The third kappa shape index (κ3) is 5.41. The van der Waals surface area contributed by atoms with Crippen molar-refractivity contribution in [2.45, 2.75) is 58.4 Å². The maximum atomic E-state index is 12.3. The summed E-state index contributed by atoms with van der Waals surface area (Å²) in [4.78, 5) is 12.3. The molecular formula is C13H29O5PSi. The Morgan fingerprint density at radius 3 is 1.95 bits per heavy atom. The van der Waals surface area contributed by atoms with Gasteiger partial charge in [0.05, 0.1) is 0 Å². The van der Waals surface area contributed by atoms with Crippen molar-refractivity contribution in [1.29, 1.82) is 0 Å². The fraction of sp³-hybridized carbons (Fsp3) is 0.923. The van der Waals surface area contributed by atoms with Crippen molar-refractivity contribution in [2.75, 3.05) is 20.4 Å². The molecule has 0 spiro atoms. The molecule has 7 heteroatoms. The minimum absolute atomic E-state index is 0.0207. The van der Waals surface area contributed by atoms with Crippen LogP contribution < -0.4 is 0 Å². The van der Waals surface area contributed by atoms with E-state index in [0.29, 0.717) is 6.42 Å². The highest BCUT2D eigenvalue weighted by Gasteiger charge is 2.41. The first kappa shape index (κ1) is 20.0. The van der Waals surface area contributed by atoms with Gasteiger partial charge in [0.15, 0.2) is 14.1 Å². The fourth-order valence-corrected chi connectivity index (χ4v) is 3.76. The van der Waals surface area contributed by atoms with E-state index >= 15 is 0 Å². The van der Waals surface area contributed by atoms with Crippen molar-refractivity contribution in [3.05, 3.63) is 0 Å². The van der Waals surface area contributed by atoms with Crippen LogP contribution in [0.4, 0.5) is 0 Å². The normalized spacial score (nSPS) is 15.2. The predicted octanol–water partition coefficient (Wildman–Crippen LogP) is 3.84. The minimum atomic E-state index is -3.32. The van der Waals surface area contributed by atoms with Crippen LogP contribution in [0.1, 0.15) is 34.1 Å². The molecule has 0 bridgehead atoms. The molecule has 0 aromatic heterocycles. The molecule has 0 N–H and O–H groups in total. The molecule has 0 aliphatic carbocycles. The third-order valence-electron chi connectivity index (χ3n) is 3.88. The zero-order valence-electron chi connectivity index (χ0n) is 14.0. The van der Waals surface area contributed by atoms with Gasteiger partial charge in [0, 0.05) is 14.2 Å². The van der Waals surface area contributed by atoms with Crippen molar-refractivity contribution < 1.29 is 22.8 Å². The van der Waals surface area contributed by atoms with Crippen LogP contribution in [0, 0.1) is 0 Å². The van der Waals surface area contributed by atoms with Crippen LogP contribution in [-0.4, -0.2) is 40.6 Å². The summed E-state index contributed by atoms with van der Waals surface area (Å²) in [7, 11) is -2.79. The van der Waals surface area contributed by atoms with Gasteiger partial charge in [-0.3, -0.25) is 9.36 Å². The Hall–Kier alpha value is -0.00312. The molecule has 20 heavy (non-hydrogen) atoms. The van der Waals surface area contributed by atoms with Crippen molar-refractivity contribution >= 4 is 21.7 Å². The highest BCUT2D eigenvalue weighted by Crippen LogP contribution is 2.46. The molecule has 0 heterocycles. The molecule has 0 rings (SSSR count). The molecular weight excluding hydrogens is 295 g/mol. The number of carbonyl (C=O) groups excluding carboxylic acids is 1. The van der Waals surface area contributed by atoms with E-state index in [9.17, 15) is 9.36 Å². The van der Waals surface area contributed by atoms with E-state index in [4.69, 9.17) is 13.5 Å². The van der Waals surface area contributed by atoms with E-state index in [1.165, 1.54) is 14.2 Å². The summed E-state index contributed by atoms with van der Waals surface area (Å²) >= 11 is 0. The topological polar surface area (TPSA) is 61.8 Å². The van der Waals surface area contributed by atoms with Crippen molar-refractivity contribution in [2.24, 2.45) is 0 Å². The smallest absolute Gasteiger partial charge is 0.337 e. The Morgan fingerprint density at radius 1 is 1.20 bits per heavy atom. The second-order valence-electron chi connectivity index (χ2n) is 6.38. The average Bonchev–Trinajstić information content (AvgIpc) is 2.34. The average molecular weight is 324 g/mol. The van der Waals surface area contributed by atoms with Gasteiger partial charge in [-0.05, 0) is 24.6 Å². The number of ketones is 1. The van der Waals surface area contributed by atoms with Crippen LogP contribution in [0.3, 0.4) is 0 Å². The van der Waals surface area contributed by atoms with Gasteiger partial charge in [-0.2, -0.15) is 0 Å². The first-order valence-corrected chi connectivity index (χ1v) is 11.5. The predicted molar refractivity (Wildman–Crippen MR) is 83.9 cm³/mol. The third-order valence-corrected chi connectivity index (χ3v) is 10.2. The van der Waals surface area contributed by atoms with Crippen LogP contribution in [0.2, 0.25) is 18.1 Å². The zero-order valence-corrected chi connectivity index (χ0v) is 15.9. The lowest BCUT2D eigenvalue weighted by Gasteiger charge is -2.38. The van der Waals surface area contributed by atoms with Crippen molar-refractivity contribution in [3.8, 4) is 0 Å². The molecule has 120 valence electrons. The molecule has 0 fully saturated rings. The van der Waals surface area contributed by atoms with E-state index in [2.05, 4.69) is 33.9 Å². The van der Waals surface area contributed by atoms with Gasteiger partial charge in [-0.1, -0.05) is 27.7 Å². The summed E-state index contributed by atoms with van der Waals surface area (Å²) in [5.74, 6) is -0.218. The number of hydrogen-bond acceptors (Lipinski definition) is 5. The molecule has 0 aromatic rings. The molecule has 0 aliphatic heterocycles. The van der Waals surface area contributed by atoms with E-state index in [1.807, 2.05) is 6.92 Å². The lowest BCUT2D eigenvalue weighted by Crippen LogP contribution is -2.46. The summed E-state index contributed by atoms with van der Waals surface area (Å²) in [6, 6.07) is 0. The van der Waals surface area contributed by atoms with Gasteiger partial charge in [-0.15, -0.1) is 0 Å². The highest BCUT2D eigenvalue weighted by molar-refractivity contribution is 7.54. The van der Waals surface area contributed by atoms with Crippen molar-refractivity contribution in [3.63, 3.8) is 0 Å². The zero-order chi connectivity index (χ0) is 16.2. The Balaban J connectivity index is 4.95. The van der Waals surface area contributed by atoms with E-state index in [0.717, 1.165) is 0 Å². The Labute approximate surface area is 124 Å². The summed E-state index contributed by atoms with van der Waals surface area (Å²) in [6.45, 7) is 12.4. The fourth-order valence-electron chi connectivity index (χ4n) is 1.41.